The van der Waals surface area contributed by atoms with E-state index >= 15 is 0 Å². The van der Waals surface area contributed by atoms with Crippen LogP contribution in [0.25, 0.3) is 10.7 Å². The van der Waals surface area contributed by atoms with Gasteiger partial charge in [0, 0.05) is 17.3 Å². The maximum Gasteiger partial charge on any atom is 0.471 e. The first-order valence-electron chi connectivity index (χ1n) is 8.33. The lowest BCUT2D eigenvalue weighted by Crippen LogP contribution is -2.19. The Hall–Kier alpha value is -3.61. The topological polar surface area (TPSA) is 103 Å². The molecule has 0 unspecified atom stereocenters. The fraction of sp³-hybridized carbons (Fsp3) is 0.176. The van der Waals surface area contributed by atoms with E-state index in [2.05, 4.69) is 34.6 Å². The summed E-state index contributed by atoms with van der Waals surface area (Å²) < 4.78 is 47.8. The van der Waals surface area contributed by atoms with Crippen molar-refractivity contribution in [2.75, 3.05) is 12.0 Å². The number of alkyl halides is 3. The minimum absolute atomic E-state index is 0.135. The molecule has 0 spiro atoms. The summed E-state index contributed by atoms with van der Waals surface area (Å²) in [4.78, 5) is 23.0. The van der Waals surface area contributed by atoms with Gasteiger partial charge in [-0.3, -0.25) is 4.98 Å². The van der Waals surface area contributed by atoms with Gasteiger partial charge < -0.3 is 14.2 Å². The number of anilines is 2. The number of ether oxygens (including phenoxy) is 1. The van der Waals surface area contributed by atoms with Gasteiger partial charge in [-0.2, -0.15) is 18.2 Å². The van der Waals surface area contributed by atoms with E-state index in [1.807, 2.05) is 0 Å². The molecule has 0 atom stereocenters. The molecule has 0 saturated carbocycles. The van der Waals surface area contributed by atoms with Crippen LogP contribution in [0.5, 0.6) is 5.75 Å². The molecule has 0 bridgehead atoms. The number of rotatable bonds is 6. The highest BCUT2D eigenvalue weighted by molar-refractivity contribution is 7.15. The molecule has 0 aliphatic carbocycles. The third kappa shape index (κ3) is 4.05. The van der Waals surface area contributed by atoms with Crippen LogP contribution >= 0.6 is 11.3 Å². The quantitative estimate of drug-likeness (QED) is 0.448. The lowest BCUT2D eigenvalue weighted by Gasteiger charge is -2.23. The van der Waals surface area contributed by atoms with E-state index in [1.54, 1.807) is 23.2 Å². The van der Waals surface area contributed by atoms with Crippen molar-refractivity contribution in [3.63, 3.8) is 0 Å². The van der Waals surface area contributed by atoms with Gasteiger partial charge in [0.05, 0.1) is 30.9 Å². The van der Waals surface area contributed by atoms with E-state index in [0.29, 0.717) is 28.8 Å². The lowest BCUT2D eigenvalue weighted by atomic mass is 10.3. The third-order valence-corrected chi connectivity index (χ3v) is 4.89. The molecule has 13 heteroatoms. The van der Waals surface area contributed by atoms with Crippen LogP contribution in [0, 0.1) is 0 Å². The predicted octanol–water partition coefficient (Wildman–Crippen LogP) is 3.74. The van der Waals surface area contributed by atoms with Crippen molar-refractivity contribution in [3.8, 4) is 16.5 Å². The first kappa shape index (κ1) is 19.7. The Balaban J connectivity index is 1.65. The molecule has 30 heavy (non-hydrogen) atoms. The molecule has 0 radical (unpaired) electrons. The first-order chi connectivity index (χ1) is 14.5. The summed E-state index contributed by atoms with van der Waals surface area (Å²) in [5.74, 6) is -0.137. The summed E-state index contributed by atoms with van der Waals surface area (Å²) in [6, 6.07) is 3.37. The second kappa shape index (κ2) is 8.02. The SMILES string of the molecule is COc1cncnc1N(Cc1ccc(-c2noc(C(F)(F)F)n2)s1)c1cnccn1. The van der Waals surface area contributed by atoms with Crippen LogP contribution in [0.3, 0.4) is 0 Å². The summed E-state index contributed by atoms with van der Waals surface area (Å²) in [5.41, 5.74) is 0. The molecule has 4 heterocycles. The summed E-state index contributed by atoms with van der Waals surface area (Å²) >= 11 is 1.21. The van der Waals surface area contributed by atoms with Gasteiger partial charge in [0.2, 0.25) is 5.82 Å². The molecule has 0 saturated heterocycles. The molecule has 0 aliphatic rings. The molecular formula is C17H12F3N7O2S. The second-order valence-electron chi connectivity index (χ2n) is 5.75. The average molecular weight is 435 g/mol. The van der Waals surface area contributed by atoms with Crippen LogP contribution in [-0.4, -0.2) is 37.2 Å². The van der Waals surface area contributed by atoms with Crippen molar-refractivity contribution in [2.45, 2.75) is 12.7 Å². The van der Waals surface area contributed by atoms with Crippen LogP contribution in [0.4, 0.5) is 24.8 Å². The summed E-state index contributed by atoms with van der Waals surface area (Å²) in [7, 11) is 1.49. The minimum Gasteiger partial charge on any atom is -0.491 e. The molecule has 4 aromatic rings. The fourth-order valence-electron chi connectivity index (χ4n) is 2.53. The molecule has 0 amide bonds. The Morgan fingerprint density at radius 2 is 2.00 bits per heavy atom. The smallest absolute Gasteiger partial charge is 0.471 e. The Kier molecular flexibility index (Phi) is 5.27. The Morgan fingerprint density at radius 1 is 1.13 bits per heavy atom. The molecule has 0 fully saturated rings. The Labute approximate surface area is 171 Å². The molecule has 0 N–H and O–H groups in total. The van der Waals surface area contributed by atoms with Crippen molar-refractivity contribution < 1.29 is 22.4 Å². The van der Waals surface area contributed by atoms with Crippen molar-refractivity contribution in [3.05, 3.63) is 54.0 Å². The Bertz CT molecular complexity index is 1130. The van der Waals surface area contributed by atoms with Crippen LogP contribution in [0.1, 0.15) is 10.8 Å². The number of hydrogen-bond acceptors (Lipinski definition) is 10. The van der Waals surface area contributed by atoms with Crippen LogP contribution in [0.2, 0.25) is 0 Å². The number of methoxy groups -OCH3 is 1. The van der Waals surface area contributed by atoms with E-state index in [0.717, 1.165) is 4.88 Å². The maximum absolute atomic E-state index is 12.7. The van der Waals surface area contributed by atoms with Crippen molar-refractivity contribution >= 4 is 23.0 Å². The van der Waals surface area contributed by atoms with Gasteiger partial charge in [-0.25, -0.2) is 15.0 Å². The summed E-state index contributed by atoms with van der Waals surface area (Å²) in [6.07, 6.45) is 2.83. The molecule has 4 rings (SSSR count). The van der Waals surface area contributed by atoms with E-state index < -0.39 is 12.1 Å². The molecular weight excluding hydrogens is 423 g/mol. The molecule has 154 valence electrons. The number of nitrogens with zero attached hydrogens (tertiary/aromatic N) is 7. The fourth-order valence-corrected chi connectivity index (χ4v) is 3.45. The van der Waals surface area contributed by atoms with Gasteiger partial charge in [-0.1, -0.05) is 5.16 Å². The third-order valence-electron chi connectivity index (χ3n) is 3.83. The molecule has 0 aliphatic heterocycles. The monoisotopic (exact) mass is 435 g/mol. The van der Waals surface area contributed by atoms with E-state index in [9.17, 15) is 13.2 Å². The van der Waals surface area contributed by atoms with Crippen molar-refractivity contribution in [1.82, 2.24) is 30.1 Å². The summed E-state index contributed by atoms with van der Waals surface area (Å²) in [5, 5.41) is 3.42. The van der Waals surface area contributed by atoms with E-state index in [4.69, 9.17) is 4.74 Å². The van der Waals surface area contributed by atoms with Crippen LogP contribution in [0.15, 0.2) is 47.8 Å². The summed E-state index contributed by atoms with van der Waals surface area (Å²) in [6.45, 7) is 0.292. The van der Waals surface area contributed by atoms with Gasteiger partial charge in [-0.05, 0) is 12.1 Å². The van der Waals surface area contributed by atoms with Gasteiger partial charge in [-0.15, -0.1) is 11.3 Å². The van der Waals surface area contributed by atoms with E-state index in [-0.39, 0.29) is 5.82 Å². The molecule has 0 aromatic carbocycles. The zero-order valence-electron chi connectivity index (χ0n) is 15.2. The lowest BCUT2D eigenvalue weighted by molar-refractivity contribution is -0.159. The van der Waals surface area contributed by atoms with Crippen molar-refractivity contribution in [1.29, 1.82) is 0 Å². The van der Waals surface area contributed by atoms with E-state index in [1.165, 1.54) is 43.4 Å². The number of aromatic nitrogens is 6. The van der Waals surface area contributed by atoms with Gasteiger partial charge in [0.1, 0.15) is 6.33 Å². The largest absolute Gasteiger partial charge is 0.491 e. The average Bonchev–Trinajstić information content (AvgIpc) is 3.42. The standard InChI is InChI=1S/C17H12F3N7O2S/c1-28-11-6-22-9-24-15(11)27(13-7-21-4-5-23-13)8-10-2-3-12(30-10)14-25-16(29-26-14)17(18,19)20/h2-7,9H,8H2,1H3. The Morgan fingerprint density at radius 3 is 2.70 bits per heavy atom. The maximum atomic E-state index is 12.7. The predicted molar refractivity (Wildman–Crippen MR) is 99.1 cm³/mol. The zero-order chi connectivity index (χ0) is 21.1. The normalized spacial score (nSPS) is 11.5. The van der Waals surface area contributed by atoms with Crippen LogP contribution in [-0.2, 0) is 12.7 Å². The van der Waals surface area contributed by atoms with Gasteiger partial charge in [0.25, 0.3) is 0 Å². The first-order valence-corrected chi connectivity index (χ1v) is 9.15. The van der Waals surface area contributed by atoms with Crippen LogP contribution < -0.4 is 9.64 Å². The number of hydrogen-bond donors (Lipinski definition) is 0. The van der Waals surface area contributed by atoms with Gasteiger partial charge in [0.15, 0.2) is 17.4 Å². The highest BCUT2D eigenvalue weighted by Crippen LogP contribution is 2.35. The molecule has 9 nitrogen and oxygen atoms in total. The highest BCUT2D eigenvalue weighted by atomic mass is 32.1. The zero-order valence-corrected chi connectivity index (χ0v) is 16.1. The number of thiophene rings is 1. The molecule has 4 aromatic heterocycles. The van der Waals surface area contributed by atoms with Crippen molar-refractivity contribution in [2.24, 2.45) is 0 Å². The number of halogens is 3. The minimum atomic E-state index is -4.70. The van der Waals surface area contributed by atoms with Gasteiger partial charge >= 0.3 is 12.1 Å². The highest BCUT2D eigenvalue weighted by Gasteiger charge is 2.38. The second-order valence-corrected chi connectivity index (χ2v) is 6.92.